The maximum absolute atomic E-state index is 2.35. The summed E-state index contributed by atoms with van der Waals surface area (Å²) >= 11 is 0. The molecule has 0 atom stereocenters. The quantitative estimate of drug-likeness (QED) is 0.269. The van der Waals surface area contributed by atoms with E-state index in [0.29, 0.717) is 0 Å². The normalized spacial score (nSPS) is 12.0. The molecule has 0 unspecified atom stereocenters. The van der Waals surface area contributed by atoms with E-state index in [2.05, 4.69) is 87.5 Å². The first kappa shape index (κ1) is 15.9. The standard InChI is InChI=1S/C25H24/c1-4-5-6-7-19-10-13-24-23(18(19)3)12-11-21-15-22-14-17(2)8-9-20(22)16-25(21)24/h6-16H,4-5H2,1-3H3/b7-6-. The Hall–Kier alpha value is -2.60. The summed E-state index contributed by atoms with van der Waals surface area (Å²) in [7, 11) is 0. The number of benzene rings is 4. The van der Waals surface area contributed by atoms with E-state index < -0.39 is 0 Å². The van der Waals surface area contributed by atoms with Gasteiger partial charge in [0.15, 0.2) is 0 Å². The van der Waals surface area contributed by atoms with E-state index in [4.69, 9.17) is 0 Å². The molecule has 0 aliphatic carbocycles. The highest BCUT2D eigenvalue weighted by Gasteiger charge is 2.07. The largest absolute Gasteiger partial charge is 0.0839 e. The SMILES string of the molecule is CCC/C=C\c1ccc2c(ccc3cc4cc(C)ccc4cc32)c1C. The van der Waals surface area contributed by atoms with Gasteiger partial charge in [-0.2, -0.15) is 0 Å². The molecule has 0 radical (unpaired) electrons. The Morgan fingerprint density at radius 3 is 2.36 bits per heavy atom. The van der Waals surface area contributed by atoms with Crippen LogP contribution in [-0.4, -0.2) is 0 Å². The van der Waals surface area contributed by atoms with Crippen LogP contribution in [0.2, 0.25) is 0 Å². The number of aryl methyl sites for hydroxylation is 2. The summed E-state index contributed by atoms with van der Waals surface area (Å²) in [6.45, 7) is 6.61. The first-order valence-electron chi connectivity index (χ1n) is 9.20. The second-order valence-corrected chi connectivity index (χ2v) is 7.06. The maximum Gasteiger partial charge on any atom is -0.00989 e. The Bertz CT molecular complexity index is 1110. The van der Waals surface area contributed by atoms with E-state index in [9.17, 15) is 0 Å². The third-order valence-electron chi connectivity index (χ3n) is 5.19. The zero-order chi connectivity index (χ0) is 17.4. The van der Waals surface area contributed by atoms with E-state index in [-0.39, 0.29) is 0 Å². The molecule has 0 aromatic heterocycles. The zero-order valence-corrected chi connectivity index (χ0v) is 15.3. The van der Waals surface area contributed by atoms with Gasteiger partial charge in [0.2, 0.25) is 0 Å². The number of allylic oxidation sites excluding steroid dienone is 1. The summed E-state index contributed by atoms with van der Waals surface area (Å²) in [6, 6.07) is 20.5. The van der Waals surface area contributed by atoms with E-state index in [1.54, 1.807) is 0 Å². The smallest absolute Gasteiger partial charge is 0.00989 e. The van der Waals surface area contributed by atoms with Gasteiger partial charge >= 0.3 is 0 Å². The van der Waals surface area contributed by atoms with Crippen molar-refractivity contribution < 1.29 is 0 Å². The van der Waals surface area contributed by atoms with Crippen LogP contribution in [0.5, 0.6) is 0 Å². The van der Waals surface area contributed by atoms with Crippen LogP contribution in [0.4, 0.5) is 0 Å². The molecule has 0 fully saturated rings. The molecule has 0 nitrogen and oxygen atoms in total. The molecule has 4 rings (SSSR count). The molecule has 0 amide bonds. The number of fused-ring (bicyclic) bond motifs is 4. The summed E-state index contributed by atoms with van der Waals surface area (Å²) in [4.78, 5) is 0. The molecular formula is C25H24. The van der Waals surface area contributed by atoms with Crippen LogP contribution < -0.4 is 0 Å². The van der Waals surface area contributed by atoms with Gasteiger partial charge in [-0.05, 0) is 75.8 Å². The van der Waals surface area contributed by atoms with Gasteiger partial charge in [0, 0.05) is 0 Å². The highest BCUT2D eigenvalue weighted by molar-refractivity contribution is 6.13. The van der Waals surface area contributed by atoms with Crippen molar-refractivity contribution in [3.63, 3.8) is 0 Å². The van der Waals surface area contributed by atoms with E-state index >= 15 is 0 Å². The van der Waals surface area contributed by atoms with Gasteiger partial charge < -0.3 is 0 Å². The van der Waals surface area contributed by atoms with Crippen molar-refractivity contribution in [2.24, 2.45) is 0 Å². The molecular weight excluding hydrogens is 300 g/mol. The van der Waals surface area contributed by atoms with E-state index in [0.717, 1.165) is 6.42 Å². The van der Waals surface area contributed by atoms with Crippen LogP contribution in [0.1, 0.15) is 36.5 Å². The Balaban J connectivity index is 1.96. The lowest BCUT2D eigenvalue weighted by molar-refractivity contribution is 0.962. The van der Waals surface area contributed by atoms with Crippen LogP contribution in [-0.2, 0) is 0 Å². The van der Waals surface area contributed by atoms with Crippen LogP contribution >= 0.6 is 0 Å². The third kappa shape index (κ3) is 2.82. The van der Waals surface area contributed by atoms with Crippen molar-refractivity contribution in [3.8, 4) is 0 Å². The lowest BCUT2D eigenvalue weighted by atomic mass is 9.93. The van der Waals surface area contributed by atoms with Crippen molar-refractivity contribution >= 4 is 38.4 Å². The van der Waals surface area contributed by atoms with Crippen molar-refractivity contribution in [2.45, 2.75) is 33.6 Å². The minimum Gasteiger partial charge on any atom is -0.0839 e. The molecule has 0 saturated heterocycles. The summed E-state index contributed by atoms with van der Waals surface area (Å²) in [6.07, 6.45) is 6.89. The number of hydrogen-bond acceptors (Lipinski definition) is 0. The summed E-state index contributed by atoms with van der Waals surface area (Å²) < 4.78 is 0. The molecule has 4 aromatic rings. The topological polar surface area (TPSA) is 0 Å². The Morgan fingerprint density at radius 1 is 0.720 bits per heavy atom. The number of unbranched alkanes of at least 4 members (excludes halogenated alkanes) is 1. The second kappa shape index (κ2) is 6.37. The van der Waals surface area contributed by atoms with Gasteiger partial charge in [0.1, 0.15) is 0 Å². The van der Waals surface area contributed by atoms with Crippen molar-refractivity contribution in [1.29, 1.82) is 0 Å². The van der Waals surface area contributed by atoms with E-state index in [1.807, 2.05) is 0 Å². The minimum atomic E-state index is 1.14. The molecule has 25 heavy (non-hydrogen) atoms. The number of hydrogen-bond donors (Lipinski definition) is 0. The van der Waals surface area contributed by atoms with Gasteiger partial charge in [-0.15, -0.1) is 0 Å². The highest BCUT2D eigenvalue weighted by Crippen LogP contribution is 2.32. The molecule has 0 bridgehead atoms. The van der Waals surface area contributed by atoms with E-state index in [1.165, 1.54) is 55.4 Å². The number of rotatable bonds is 3. The molecule has 0 aliphatic heterocycles. The molecule has 124 valence electrons. The lowest BCUT2D eigenvalue weighted by Crippen LogP contribution is -1.86. The van der Waals surface area contributed by atoms with Gasteiger partial charge in [0.25, 0.3) is 0 Å². The molecule has 0 heteroatoms. The van der Waals surface area contributed by atoms with Gasteiger partial charge in [-0.3, -0.25) is 0 Å². The van der Waals surface area contributed by atoms with Gasteiger partial charge in [-0.25, -0.2) is 0 Å². The maximum atomic E-state index is 2.35. The van der Waals surface area contributed by atoms with Gasteiger partial charge in [0.05, 0.1) is 0 Å². The summed E-state index contributed by atoms with van der Waals surface area (Å²) in [5.74, 6) is 0. The van der Waals surface area contributed by atoms with Gasteiger partial charge in [-0.1, -0.05) is 73.5 Å². The van der Waals surface area contributed by atoms with Crippen LogP contribution in [0.25, 0.3) is 38.4 Å². The first-order chi connectivity index (χ1) is 12.2. The summed E-state index contributed by atoms with van der Waals surface area (Å²) in [5, 5.41) is 8.01. The van der Waals surface area contributed by atoms with Crippen LogP contribution in [0, 0.1) is 13.8 Å². The first-order valence-corrected chi connectivity index (χ1v) is 9.20. The molecule has 0 spiro atoms. The third-order valence-corrected chi connectivity index (χ3v) is 5.19. The predicted octanol–water partition coefficient (Wildman–Crippen LogP) is 7.58. The highest BCUT2D eigenvalue weighted by atomic mass is 14.1. The fraction of sp³-hybridized carbons (Fsp3) is 0.200. The van der Waals surface area contributed by atoms with Crippen LogP contribution in [0.3, 0.4) is 0 Å². The Kier molecular flexibility index (Phi) is 4.05. The van der Waals surface area contributed by atoms with Crippen LogP contribution in [0.15, 0.2) is 60.7 Å². The fourth-order valence-corrected chi connectivity index (χ4v) is 3.73. The van der Waals surface area contributed by atoms with Crippen molar-refractivity contribution in [1.82, 2.24) is 0 Å². The molecule has 0 heterocycles. The monoisotopic (exact) mass is 324 g/mol. The average Bonchev–Trinajstić information content (AvgIpc) is 2.62. The Labute approximate surface area is 149 Å². The average molecular weight is 324 g/mol. The second-order valence-electron chi connectivity index (χ2n) is 7.06. The lowest BCUT2D eigenvalue weighted by Gasteiger charge is -2.11. The zero-order valence-electron chi connectivity index (χ0n) is 15.3. The summed E-state index contributed by atoms with van der Waals surface area (Å²) in [5.41, 5.74) is 4.01. The molecule has 4 aromatic carbocycles. The Morgan fingerprint density at radius 2 is 1.52 bits per heavy atom. The molecule has 0 saturated carbocycles. The molecule has 0 aliphatic rings. The predicted molar refractivity (Wildman–Crippen MR) is 112 cm³/mol. The fourth-order valence-electron chi connectivity index (χ4n) is 3.73. The molecule has 0 N–H and O–H groups in total. The minimum absolute atomic E-state index is 1.14. The van der Waals surface area contributed by atoms with Crippen molar-refractivity contribution in [2.75, 3.05) is 0 Å². The van der Waals surface area contributed by atoms with Crippen molar-refractivity contribution in [3.05, 3.63) is 77.4 Å².